The van der Waals surface area contributed by atoms with Gasteiger partial charge < -0.3 is 10.7 Å². The predicted octanol–water partition coefficient (Wildman–Crippen LogP) is 2.94. The summed E-state index contributed by atoms with van der Waals surface area (Å²) in [7, 11) is 0. The maximum Gasteiger partial charge on any atom is 0.270 e. The normalized spacial score (nSPS) is 10.0. The van der Waals surface area contributed by atoms with Crippen molar-refractivity contribution < 1.29 is 4.92 Å². The second-order valence-corrected chi connectivity index (χ2v) is 5.57. The summed E-state index contributed by atoms with van der Waals surface area (Å²) in [6, 6.07) is 16.4. The highest BCUT2D eigenvalue weighted by atomic mass is 16.6. The number of nitriles is 2. The fourth-order valence-electron chi connectivity index (χ4n) is 2.85. The van der Waals surface area contributed by atoms with E-state index in [9.17, 15) is 25.4 Å². The van der Waals surface area contributed by atoms with Gasteiger partial charge in [-0.3, -0.25) is 14.9 Å². The van der Waals surface area contributed by atoms with E-state index in [1.54, 1.807) is 30.3 Å². The lowest BCUT2D eigenvalue weighted by molar-refractivity contribution is -0.384. The number of rotatable bonds is 3. The number of hydrogen-bond acceptors (Lipinski definition) is 6. The van der Waals surface area contributed by atoms with Crippen LogP contribution in [0, 0.1) is 32.8 Å². The highest BCUT2D eigenvalue weighted by Gasteiger charge is 2.21. The van der Waals surface area contributed by atoms with E-state index in [4.69, 9.17) is 5.73 Å². The van der Waals surface area contributed by atoms with Gasteiger partial charge in [0.1, 0.15) is 29.1 Å². The van der Waals surface area contributed by atoms with Gasteiger partial charge in [0, 0.05) is 17.7 Å². The van der Waals surface area contributed by atoms with Gasteiger partial charge >= 0.3 is 0 Å². The van der Waals surface area contributed by atoms with Gasteiger partial charge in [-0.05, 0) is 16.7 Å². The molecule has 0 spiro atoms. The number of nitro groups is 1. The summed E-state index contributed by atoms with van der Waals surface area (Å²) in [5, 5.41) is 30.0. The fourth-order valence-corrected chi connectivity index (χ4v) is 2.85. The van der Waals surface area contributed by atoms with Gasteiger partial charge in [-0.15, -0.1) is 0 Å². The number of nitrogens with one attached hydrogen (secondary N) is 1. The summed E-state index contributed by atoms with van der Waals surface area (Å²) in [4.78, 5) is 25.0. The third-order valence-corrected chi connectivity index (χ3v) is 4.03. The minimum absolute atomic E-state index is 0.0379. The van der Waals surface area contributed by atoms with E-state index in [1.165, 1.54) is 18.2 Å². The Bertz CT molecular complexity index is 1220. The average Bonchev–Trinajstić information content (AvgIpc) is 2.67. The van der Waals surface area contributed by atoms with Gasteiger partial charge in [-0.1, -0.05) is 36.4 Å². The zero-order chi connectivity index (χ0) is 19.6. The smallest absolute Gasteiger partial charge is 0.270 e. The van der Waals surface area contributed by atoms with E-state index in [0.29, 0.717) is 16.7 Å². The fraction of sp³-hybridized carbons (Fsp3) is 0. The van der Waals surface area contributed by atoms with Crippen molar-refractivity contribution in [3.05, 3.63) is 80.1 Å². The Morgan fingerprint density at radius 2 is 1.67 bits per heavy atom. The van der Waals surface area contributed by atoms with Crippen LogP contribution in [-0.4, -0.2) is 9.91 Å². The van der Waals surface area contributed by atoms with Crippen LogP contribution in [0.5, 0.6) is 0 Å². The van der Waals surface area contributed by atoms with E-state index < -0.39 is 10.5 Å². The van der Waals surface area contributed by atoms with Crippen molar-refractivity contribution in [2.24, 2.45) is 0 Å². The zero-order valence-corrected chi connectivity index (χ0v) is 13.8. The van der Waals surface area contributed by atoms with Crippen LogP contribution in [0.15, 0.2) is 53.3 Å². The average molecular weight is 357 g/mol. The van der Waals surface area contributed by atoms with Crippen molar-refractivity contribution in [3.63, 3.8) is 0 Å². The number of aromatic amines is 1. The Kier molecular flexibility index (Phi) is 4.40. The molecular formula is C19H11N5O3. The molecule has 130 valence electrons. The summed E-state index contributed by atoms with van der Waals surface area (Å²) in [6.07, 6.45) is 0. The third kappa shape index (κ3) is 2.99. The molecule has 0 aliphatic heterocycles. The highest BCUT2D eigenvalue weighted by Crippen LogP contribution is 2.36. The Hall–Kier alpha value is -4.43. The summed E-state index contributed by atoms with van der Waals surface area (Å²) in [5.74, 6) is -0.148. The van der Waals surface area contributed by atoms with Crippen molar-refractivity contribution in [1.29, 1.82) is 10.5 Å². The number of H-pyrrole nitrogens is 1. The Morgan fingerprint density at radius 3 is 2.30 bits per heavy atom. The first-order chi connectivity index (χ1) is 13.0. The van der Waals surface area contributed by atoms with Gasteiger partial charge in [0.25, 0.3) is 11.2 Å². The summed E-state index contributed by atoms with van der Waals surface area (Å²) < 4.78 is 0. The molecule has 8 heteroatoms. The van der Waals surface area contributed by atoms with Crippen molar-refractivity contribution in [3.8, 4) is 34.4 Å². The molecule has 0 atom stereocenters. The lowest BCUT2D eigenvalue weighted by Crippen LogP contribution is -2.16. The maximum atomic E-state index is 12.2. The van der Waals surface area contributed by atoms with Gasteiger partial charge in [0.05, 0.1) is 4.92 Å². The molecule has 8 nitrogen and oxygen atoms in total. The summed E-state index contributed by atoms with van der Waals surface area (Å²) in [6.45, 7) is 0. The molecule has 0 radical (unpaired) electrons. The molecule has 0 saturated heterocycles. The second kappa shape index (κ2) is 6.82. The first-order valence-electron chi connectivity index (χ1n) is 7.68. The van der Waals surface area contributed by atoms with Crippen LogP contribution < -0.4 is 11.3 Å². The van der Waals surface area contributed by atoms with E-state index in [-0.39, 0.29) is 28.2 Å². The van der Waals surface area contributed by atoms with Crippen molar-refractivity contribution in [2.75, 3.05) is 5.73 Å². The molecule has 0 saturated carbocycles. The molecule has 0 aliphatic carbocycles. The minimum atomic E-state index is -0.710. The van der Waals surface area contributed by atoms with E-state index in [2.05, 4.69) is 4.98 Å². The Labute approximate surface area is 152 Å². The van der Waals surface area contributed by atoms with E-state index >= 15 is 0 Å². The third-order valence-electron chi connectivity index (χ3n) is 4.03. The number of nitrogens with two attached hydrogens (primary N) is 1. The van der Waals surface area contributed by atoms with E-state index in [0.717, 1.165) is 0 Å². The summed E-state index contributed by atoms with van der Waals surface area (Å²) >= 11 is 0. The molecule has 3 rings (SSSR count). The molecule has 0 unspecified atom stereocenters. The SMILES string of the molecule is N#Cc1c(N)[nH]c(=O)c(C#N)c1-c1ccccc1-c1cccc([N+](=O)[O-])c1. The van der Waals surface area contributed by atoms with Crippen LogP contribution in [0.2, 0.25) is 0 Å². The number of anilines is 1. The van der Waals surface area contributed by atoms with Crippen LogP contribution in [0.4, 0.5) is 11.5 Å². The van der Waals surface area contributed by atoms with Crippen LogP contribution in [0.3, 0.4) is 0 Å². The minimum Gasteiger partial charge on any atom is -0.384 e. The molecule has 0 amide bonds. The number of aromatic nitrogens is 1. The monoisotopic (exact) mass is 357 g/mol. The van der Waals surface area contributed by atoms with E-state index in [1.807, 2.05) is 12.1 Å². The number of benzene rings is 2. The first kappa shape index (κ1) is 17.4. The number of nitrogens with zero attached hydrogens (tertiary/aromatic N) is 3. The molecule has 1 heterocycles. The molecular weight excluding hydrogens is 346 g/mol. The molecule has 27 heavy (non-hydrogen) atoms. The van der Waals surface area contributed by atoms with Gasteiger partial charge in [0.15, 0.2) is 0 Å². The van der Waals surface area contributed by atoms with Crippen LogP contribution >= 0.6 is 0 Å². The molecule has 0 fully saturated rings. The number of nitro benzene ring substituents is 1. The quantitative estimate of drug-likeness (QED) is 0.543. The van der Waals surface area contributed by atoms with Gasteiger partial charge in [0.2, 0.25) is 0 Å². The maximum absolute atomic E-state index is 12.2. The molecule has 0 bridgehead atoms. The predicted molar refractivity (Wildman–Crippen MR) is 98.4 cm³/mol. The van der Waals surface area contributed by atoms with Gasteiger partial charge in [-0.25, -0.2) is 0 Å². The van der Waals surface area contributed by atoms with Gasteiger partial charge in [-0.2, -0.15) is 10.5 Å². The lowest BCUT2D eigenvalue weighted by Gasteiger charge is -2.13. The van der Waals surface area contributed by atoms with Crippen LogP contribution in [-0.2, 0) is 0 Å². The largest absolute Gasteiger partial charge is 0.384 e. The molecule has 3 aromatic rings. The first-order valence-corrected chi connectivity index (χ1v) is 7.68. The van der Waals surface area contributed by atoms with Crippen LogP contribution in [0.25, 0.3) is 22.3 Å². The Morgan fingerprint density at radius 1 is 1.00 bits per heavy atom. The number of nitrogen functional groups attached to an aromatic ring is 1. The second-order valence-electron chi connectivity index (χ2n) is 5.57. The number of non-ortho nitro benzene ring substituents is 1. The van der Waals surface area contributed by atoms with Crippen molar-refractivity contribution in [2.45, 2.75) is 0 Å². The highest BCUT2D eigenvalue weighted by molar-refractivity contribution is 5.90. The molecule has 2 aromatic carbocycles. The number of pyridine rings is 1. The van der Waals surface area contributed by atoms with Crippen molar-refractivity contribution >= 4 is 11.5 Å². The number of hydrogen-bond donors (Lipinski definition) is 2. The molecule has 3 N–H and O–H groups in total. The standard InChI is InChI=1S/C19H11N5O3/c20-9-15-17(16(10-21)19(25)23-18(15)22)14-7-2-1-6-13(14)11-4-3-5-12(8-11)24(26)27/h1-8H,(H3,22,23,25). The lowest BCUT2D eigenvalue weighted by atomic mass is 9.90. The van der Waals surface area contributed by atoms with Crippen LogP contribution in [0.1, 0.15) is 11.1 Å². The Balaban J connectivity index is 2.40. The molecule has 0 aliphatic rings. The topological polar surface area (TPSA) is 150 Å². The summed E-state index contributed by atoms with van der Waals surface area (Å²) in [5.41, 5.74) is 6.21. The van der Waals surface area contributed by atoms with Crippen molar-refractivity contribution in [1.82, 2.24) is 4.98 Å². The molecule has 1 aromatic heterocycles. The zero-order valence-electron chi connectivity index (χ0n) is 13.8.